The molecule has 0 radical (unpaired) electrons. The molecule has 0 aromatic carbocycles. The average molecular weight is 319 g/mol. The van der Waals surface area contributed by atoms with Crippen LogP contribution in [0.25, 0.3) is 0 Å². The van der Waals surface area contributed by atoms with Crippen molar-refractivity contribution < 1.29 is 9.72 Å². The molecule has 0 aliphatic carbocycles. The summed E-state index contributed by atoms with van der Waals surface area (Å²) in [6, 6.07) is 0. The number of carbonyl (C=O) groups is 1. The van der Waals surface area contributed by atoms with Gasteiger partial charge in [-0.05, 0) is 6.92 Å². The van der Waals surface area contributed by atoms with Gasteiger partial charge in [0.1, 0.15) is 5.69 Å². The summed E-state index contributed by atoms with van der Waals surface area (Å²) >= 11 is 0. The van der Waals surface area contributed by atoms with E-state index in [1.54, 1.807) is 47.9 Å². The lowest BCUT2D eigenvalue weighted by atomic mass is 10.2. The van der Waals surface area contributed by atoms with Crippen molar-refractivity contribution in [3.05, 3.63) is 28.2 Å². The van der Waals surface area contributed by atoms with Gasteiger partial charge in [-0.2, -0.15) is 10.2 Å². The molecule has 0 saturated carbocycles. The van der Waals surface area contributed by atoms with Crippen LogP contribution >= 0.6 is 0 Å². The Bertz CT molecular complexity index is 779. The summed E-state index contributed by atoms with van der Waals surface area (Å²) in [6.45, 7) is 2.58. The van der Waals surface area contributed by atoms with Crippen molar-refractivity contribution in [3.63, 3.8) is 0 Å². The first-order valence-corrected chi connectivity index (χ1v) is 7.10. The van der Waals surface area contributed by atoms with E-state index in [9.17, 15) is 14.9 Å². The minimum Gasteiger partial charge on any atom is -0.340 e. The Morgan fingerprint density at radius 3 is 2.61 bits per heavy atom. The maximum atomic E-state index is 12.4. The molecule has 23 heavy (non-hydrogen) atoms. The molecule has 3 heterocycles. The van der Waals surface area contributed by atoms with Crippen LogP contribution in [0.3, 0.4) is 0 Å². The first-order valence-electron chi connectivity index (χ1n) is 7.10. The van der Waals surface area contributed by atoms with Gasteiger partial charge in [0.25, 0.3) is 0 Å². The maximum Gasteiger partial charge on any atom is 0.333 e. The van der Waals surface area contributed by atoms with Gasteiger partial charge in [-0.3, -0.25) is 19.6 Å². The first kappa shape index (κ1) is 15.0. The molecular weight excluding hydrogens is 302 g/mol. The second-order valence-corrected chi connectivity index (χ2v) is 5.48. The number of aryl methyl sites for hydroxylation is 3. The highest BCUT2D eigenvalue weighted by Gasteiger charge is 2.33. The van der Waals surface area contributed by atoms with Crippen molar-refractivity contribution in [3.8, 4) is 0 Å². The molecule has 0 spiro atoms. The highest BCUT2D eigenvalue weighted by Crippen LogP contribution is 2.32. The predicted octanol–water partition coefficient (Wildman–Crippen LogP) is 0.223. The molecule has 1 aliphatic heterocycles. The van der Waals surface area contributed by atoms with E-state index in [1.165, 1.54) is 4.68 Å². The van der Waals surface area contributed by atoms with Crippen LogP contribution in [0.5, 0.6) is 0 Å². The third-order valence-corrected chi connectivity index (χ3v) is 3.87. The molecule has 0 N–H and O–H groups in total. The fourth-order valence-corrected chi connectivity index (χ4v) is 2.88. The Morgan fingerprint density at radius 1 is 1.30 bits per heavy atom. The second kappa shape index (κ2) is 5.38. The number of hydrogen-bond acceptors (Lipinski definition) is 6. The molecule has 10 nitrogen and oxygen atoms in total. The average Bonchev–Trinajstić information content (AvgIpc) is 3.01. The number of amides is 1. The molecule has 10 heteroatoms. The number of anilines is 2. The molecule has 1 amide bonds. The molecule has 0 unspecified atom stereocenters. The number of piperazine rings is 1. The molecule has 2 aromatic heterocycles. The second-order valence-electron chi connectivity index (χ2n) is 5.48. The van der Waals surface area contributed by atoms with E-state index < -0.39 is 4.92 Å². The SMILES string of the molecule is Cc1nn(C)c(N2CCN(c3cnn(C)c3)C(=O)C2)c1[N+](=O)[O-]. The number of aromatic nitrogens is 4. The lowest BCUT2D eigenvalue weighted by molar-refractivity contribution is -0.384. The largest absolute Gasteiger partial charge is 0.340 e. The molecular formula is C13H17N7O3. The zero-order valence-corrected chi connectivity index (χ0v) is 13.1. The third kappa shape index (κ3) is 2.51. The minimum atomic E-state index is -0.449. The number of carbonyl (C=O) groups excluding carboxylic acids is 1. The first-order chi connectivity index (χ1) is 10.9. The van der Waals surface area contributed by atoms with Crippen LogP contribution in [0, 0.1) is 17.0 Å². The van der Waals surface area contributed by atoms with Crippen molar-refractivity contribution in [1.29, 1.82) is 0 Å². The van der Waals surface area contributed by atoms with Gasteiger partial charge in [0.05, 0.1) is 23.4 Å². The highest BCUT2D eigenvalue weighted by atomic mass is 16.6. The zero-order valence-electron chi connectivity index (χ0n) is 13.1. The Morgan fingerprint density at radius 2 is 2.04 bits per heavy atom. The molecule has 122 valence electrons. The molecule has 1 saturated heterocycles. The lowest BCUT2D eigenvalue weighted by Crippen LogP contribution is -2.51. The number of hydrogen-bond donors (Lipinski definition) is 0. The summed E-state index contributed by atoms with van der Waals surface area (Å²) < 4.78 is 3.09. The van der Waals surface area contributed by atoms with Crippen molar-refractivity contribution in [2.75, 3.05) is 29.4 Å². The third-order valence-electron chi connectivity index (χ3n) is 3.87. The lowest BCUT2D eigenvalue weighted by Gasteiger charge is -2.34. The van der Waals surface area contributed by atoms with E-state index in [2.05, 4.69) is 10.2 Å². The molecule has 1 fully saturated rings. The Labute approximate surface area is 132 Å². The molecule has 0 bridgehead atoms. The normalized spacial score (nSPS) is 15.3. The van der Waals surface area contributed by atoms with Gasteiger partial charge in [-0.25, -0.2) is 4.68 Å². The van der Waals surface area contributed by atoms with E-state index in [0.29, 0.717) is 24.6 Å². The fraction of sp³-hybridized carbons (Fsp3) is 0.462. The summed E-state index contributed by atoms with van der Waals surface area (Å²) in [4.78, 5) is 26.6. The summed E-state index contributed by atoms with van der Waals surface area (Å²) in [5.74, 6) is 0.240. The summed E-state index contributed by atoms with van der Waals surface area (Å²) in [6.07, 6.45) is 3.40. The Balaban J connectivity index is 1.86. The summed E-state index contributed by atoms with van der Waals surface area (Å²) in [5, 5.41) is 19.5. The number of nitrogens with zero attached hydrogens (tertiary/aromatic N) is 7. The number of nitro groups is 1. The van der Waals surface area contributed by atoms with Crippen LogP contribution in [-0.4, -0.2) is 50.0 Å². The Hall–Kier alpha value is -2.91. The molecule has 2 aromatic rings. The van der Waals surface area contributed by atoms with Gasteiger partial charge in [-0.1, -0.05) is 0 Å². The minimum absolute atomic E-state index is 0.0462. The topological polar surface area (TPSA) is 102 Å². The number of rotatable bonds is 3. The van der Waals surface area contributed by atoms with E-state index >= 15 is 0 Å². The molecule has 0 atom stereocenters. The highest BCUT2D eigenvalue weighted by molar-refractivity contribution is 5.97. The van der Waals surface area contributed by atoms with Crippen molar-refractivity contribution in [1.82, 2.24) is 19.6 Å². The van der Waals surface area contributed by atoms with Gasteiger partial charge >= 0.3 is 5.69 Å². The standard InChI is InChI=1S/C13H17N7O3/c1-9-12(20(22)23)13(17(3)15-9)18-4-5-19(11(21)8-18)10-6-14-16(2)7-10/h6-7H,4-5,8H2,1-3H3. The van der Waals surface area contributed by atoms with E-state index in [0.717, 1.165) is 5.69 Å². The predicted molar refractivity (Wildman–Crippen MR) is 82.4 cm³/mol. The van der Waals surface area contributed by atoms with Crippen LogP contribution in [0.2, 0.25) is 0 Å². The molecule has 1 aliphatic rings. The smallest absolute Gasteiger partial charge is 0.333 e. The van der Waals surface area contributed by atoms with E-state index in [4.69, 9.17) is 0 Å². The Kier molecular flexibility index (Phi) is 3.51. The fourth-order valence-electron chi connectivity index (χ4n) is 2.88. The van der Waals surface area contributed by atoms with Crippen molar-refractivity contribution in [2.24, 2.45) is 14.1 Å². The van der Waals surface area contributed by atoms with Crippen LogP contribution in [-0.2, 0) is 18.9 Å². The maximum absolute atomic E-state index is 12.4. The van der Waals surface area contributed by atoms with Crippen LogP contribution in [0.1, 0.15) is 5.69 Å². The monoisotopic (exact) mass is 319 g/mol. The van der Waals surface area contributed by atoms with Gasteiger partial charge in [0.15, 0.2) is 0 Å². The van der Waals surface area contributed by atoms with Crippen molar-refractivity contribution >= 4 is 23.1 Å². The molecule has 3 rings (SSSR count). The summed E-state index contributed by atoms with van der Waals surface area (Å²) in [5.41, 5.74) is 1.03. The van der Waals surface area contributed by atoms with Crippen LogP contribution in [0.15, 0.2) is 12.4 Å². The van der Waals surface area contributed by atoms with Crippen LogP contribution in [0.4, 0.5) is 17.2 Å². The van der Waals surface area contributed by atoms with Gasteiger partial charge in [0, 0.05) is 33.4 Å². The van der Waals surface area contributed by atoms with Gasteiger partial charge in [0.2, 0.25) is 11.7 Å². The van der Waals surface area contributed by atoms with Crippen molar-refractivity contribution in [2.45, 2.75) is 6.92 Å². The van der Waals surface area contributed by atoms with Crippen LogP contribution < -0.4 is 9.80 Å². The van der Waals surface area contributed by atoms with E-state index in [1.807, 2.05) is 0 Å². The van der Waals surface area contributed by atoms with Gasteiger partial charge < -0.3 is 9.80 Å². The quantitative estimate of drug-likeness (QED) is 0.592. The van der Waals surface area contributed by atoms with Gasteiger partial charge in [-0.15, -0.1) is 0 Å². The van der Waals surface area contributed by atoms with E-state index in [-0.39, 0.29) is 18.1 Å². The summed E-state index contributed by atoms with van der Waals surface area (Å²) in [7, 11) is 3.43. The zero-order chi connectivity index (χ0) is 16.7.